The van der Waals surface area contributed by atoms with Gasteiger partial charge in [-0.3, -0.25) is 4.79 Å². The quantitative estimate of drug-likeness (QED) is 0.283. The van der Waals surface area contributed by atoms with Crippen molar-refractivity contribution in [2.24, 2.45) is 0 Å². The molecule has 110 valence electrons. The first kappa shape index (κ1) is 22.0. The SMILES string of the molecule is C=CC(=O)NC(CCCCCCCCCC)C(=O)[O-].[Na+]. The van der Waals surface area contributed by atoms with Gasteiger partial charge in [-0.2, -0.15) is 0 Å². The number of carboxylic acid groups (broad SMARTS) is 1. The minimum atomic E-state index is -1.22. The van der Waals surface area contributed by atoms with E-state index in [9.17, 15) is 14.7 Å². The van der Waals surface area contributed by atoms with Crippen LogP contribution in [0.4, 0.5) is 0 Å². The van der Waals surface area contributed by atoms with Gasteiger partial charge in [-0.15, -0.1) is 0 Å². The molecule has 5 heteroatoms. The summed E-state index contributed by atoms with van der Waals surface area (Å²) in [4.78, 5) is 21.9. The summed E-state index contributed by atoms with van der Waals surface area (Å²) < 4.78 is 0. The second kappa shape index (κ2) is 15.1. The summed E-state index contributed by atoms with van der Waals surface area (Å²) in [7, 11) is 0. The first-order chi connectivity index (χ1) is 9.11. The predicted molar refractivity (Wildman–Crippen MR) is 74.4 cm³/mol. The molecule has 1 N–H and O–H groups in total. The van der Waals surface area contributed by atoms with Gasteiger partial charge in [0, 0.05) is 0 Å². The van der Waals surface area contributed by atoms with E-state index in [1.165, 1.54) is 32.1 Å². The summed E-state index contributed by atoms with van der Waals surface area (Å²) in [6, 6.07) is -0.898. The number of aliphatic carboxylic acids is 1. The Bertz CT molecular complexity index is 282. The van der Waals surface area contributed by atoms with Crippen molar-refractivity contribution in [3.8, 4) is 0 Å². The third kappa shape index (κ3) is 12.7. The number of carbonyl (C=O) groups excluding carboxylic acids is 2. The van der Waals surface area contributed by atoms with Gasteiger partial charge in [0.25, 0.3) is 0 Å². The third-order valence-electron chi connectivity index (χ3n) is 3.13. The molecule has 0 saturated heterocycles. The predicted octanol–water partition coefficient (Wildman–Crippen LogP) is -1.06. The molecule has 1 atom stereocenters. The fourth-order valence-electron chi connectivity index (χ4n) is 1.96. The Morgan fingerprint density at radius 2 is 1.60 bits per heavy atom. The van der Waals surface area contributed by atoms with Crippen molar-refractivity contribution < 1.29 is 44.3 Å². The number of hydrogen-bond acceptors (Lipinski definition) is 3. The fourth-order valence-corrected chi connectivity index (χ4v) is 1.96. The van der Waals surface area contributed by atoms with Crippen LogP contribution in [0.3, 0.4) is 0 Å². The van der Waals surface area contributed by atoms with Gasteiger partial charge < -0.3 is 15.2 Å². The second-order valence-corrected chi connectivity index (χ2v) is 4.85. The fraction of sp³-hybridized carbons (Fsp3) is 0.733. The van der Waals surface area contributed by atoms with Crippen LogP contribution in [-0.4, -0.2) is 17.9 Å². The summed E-state index contributed by atoms with van der Waals surface area (Å²) in [5, 5.41) is 13.2. The number of rotatable bonds is 12. The minimum absolute atomic E-state index is 0. The summed E-state index contributed by atoms with van der Waals surface area (Å²) in [6.07, 6.45) is 10.7. The van der Waals surface area contributed by atoms with Gasteiger partial charge in [0.1, 0.15) is 0 Å². The molecule has 0 aromatic rings. The monoisotopic (exact) mass is 291 g/mol. The van der Waals surface area contributed by atoms with Crippen molar-refractivity contribution in [3.05, 3.63) is 12.7 Å². The molecule has 0 radical (unpaired) electrons. The van der Waals surface area contributed by atoms with E-state index in [0.717, 1.165) is 25.3 Å². The molecule has 0 fully saturated rings. The van der Waals surface area contributed by atoms with Crippen LogP contribution in [0.5, 0.6) is 0 Å². The molecule has 0 aliphatic heterocycles. The van der Waals surface area contributed by atoms with Gasteiger partial charge >= 0.3 is 29.6 Å². The van der Waals surface area contributed by atoms with Gasteiger partial charge in [-0.25, -0.2) is 0 Å². The van der Waals surface area contributed by atoms with E-state index in [1.807, 2.05) is 0 Å². The van der Waals surface area contributed by atoms with Crippen molar-refractivity contribution in [1.29, 1.82) is 0 Å². The Labute approximate surface area is 144 Å². The third-order valence-corrected chi connectivity index (χ3v) is 3.13. The number of unbranched alkanes of at least 4 members (excludes halogenated alkanes) is 7. The van der Waals surface area contributed by atoms with E-state index in [1.54, 1.807) is 0 Å². The molecule has 0 aliphatic rings. The summed E-state index contributed by atoms with van der Waals surface area (Å²) in [5.41, 5.74) is 0. The van der Waals surface area contributed by atoms with Crippen LogP contribution in [-0.2, 0) is 9.59 Å². The number of nitrogens with one attached hydrogen (secondary N) is 1. The average molecular weight is 291 g/mol. The molecule has 1 amide bonds. The molecule has 20 heavy (non-hydrogen) atoms. The molecule has 0 saturated carbocycles. The van der Waals surface area contributed by atoms with Crippen LogP contribution in [0.2, 0.25) is 0 Å². The summed E-state index contributed by atoms with van der Waals surface area (Å²) in [5.74, 6) is -1.69. The van der Waals surface area contributed by atoms with Crippen LogP contribution in [0.25, 0.3) is 0 Å². The molecule has 0 aromatic carbocycles. The largest absolute Gasteiger partial charge is 1.00 e. The second-order valence-electron chi connectivity index (χ2n) is 4.85. The molecule has 0 rings (SSSR count). The average Bonchev–Trinajstić information content (AvgIpc) is 2.39. The first-order valence-corrected chi connectivity index (χ1v) is 7.25. The first-order valence-electron chi connectivity index (χ1n) is 7.25. The van der Waals surface area contributed by atoms with Crippen molar-refractivity contribution in [2.75, 3.05) is 0 Å². The van der Waals surface area contributed by atoms with Gasteiger partial charge in [-0.05, 0) is 12.5 Å². The van der Waals surface area contributed by atoms with Gasteiger partial charge in [0.15, 0.2) is 0 Å². The van der Waals surface area contributed by atoms with Crippen LogP contribution < -0.4 is 40.0 Å². The maximum atomic E-state index is 11.0. The van der Waals surface area contributed by atoms with Gasteiger partial charge in [-0.1, -0.05) is 64.9 Å². The summed E-state index contributed by atoms with van der Waals surface area (Å²) >= 11 is 0. The van der Waals surface area contributed by atoms with E-state index in [-0.39, 0.29) is 29.6 Å². The van der Waals surface area contributed by atoms with E-state index in [4.69, 9.17) is 0 Å². The van der Waals surface area contributed by atoms with Gasteiger partial charge in [0.05, 0.1) is 12.0 Å². The number of hydrogen-bond donors (Lipinski definition) is 1. The van der Waals surface area contributed by atoms with Crippen LogP contribution >= 0.6 is 0 Å². The number of carbonyl (C=O) groups is 2. The maximum absolute atomic E-state index is 11.0. The number of carboxylic acids is 1. The molecule has 0 heterocycles. The molecule has 4 nitrogen and oxygen atoms in total. The van der Waals surface area contributed by atoms with E-state index in [0.29, 0.717) is 6.42 Å². The van der Waals surface area contributed by atoms with E-state index in [2.05, 4.69) is 18.8 Å². The zero-order chi connectivity index (χ0) is 14.5. The van der Waals surface area contributed by atoms with Crippen LogP contribution in [0, 0.1) is 0 Å². The van der Waals surface area contributed by atoms with Gasteiger partial charge in [0.2, 0.25) is 5.91 Å². The smallest absolute Gasteiger partial charge is 0.548 e. The van der Waals surface area contributed by atoms with Crippen LogP contribution in [0.15, 0.2) is 12.7 Å². The zero-order valence-corrected chi connectivity index (χ0v) is 15.0. The minimum Gasteiger partial charge on any atom is -0.548 e. The van der Waals surface area contributed by atoms with E-state index < -0.39 is 17.9 Å². The Balaban J connectivity index is 0. The Morgan fingerprint density at radius 1 is 1.10 bits per heavy atom. The molecule has 0 aromatic heterocycles. The molecule has 0 bridgehead atoms. The van der Waals surface area contributed by atoms with Crippen LogP contribution in [0.1, 0.15) is 64.7 Å². The van der Waals surface area contributed by atoms with Crippen molar-refractivity contribution >= 4 is 11.9 Å². The molecular weight excluding hydrogens is 265 g/mol. The number of amides is 1. The van der Waals surface area contributed by atoms with E-state index >= 15 is 0 Å². The summed E-state index contributed by atoms with van der Waals surface area (Å²) in [6.45, 7) is 5.48. The molecular formula is C15H26NNaO3. The maximum Gasteiger partial charge on any atom is 1.00 e. The molecule has 1 unspecified atom stereocenters. The van der Waals surface area contributed by atoms with Crippen molar-refractivity contribution in [3.63, 3.8) is 0 Å². The Morgan fingerprint density at radius 3 is 2.05 bits per heavy atom. The zero-order valence-electron chi connectivity index (χ0n) is 13.0. The Hall–Kier alpha value is -0.320. The van der Waals surface area contributed by atoms with Crippen molar-refractivity contribution in [1.82, 2.24) is 5.32 Å². The normalized spacial score (nSPS) is 11.2. The molecule has 0 spiro atoms. The molecule has 0 aliphatic carbocycles. The Kier molecular flexibility index (Phi) is 16.6. The standard InChI is InChI=1S/C15H27NO3.Na/c1-3-5-6-7-8-9-10-11-12-13(15(18)19)16-14(17)4-2;/h4,13H,2-3,5-12H2,1H3,(H,16,17)(H,18,19);/q;+1/p-1. The van der Waals surface area contributed by atoms with Crippen molar-refractivity contribution in [2.45, 2.75) is 70.8 Å². The topological polar surface area (TPSA) is 69.2 Å².